The van der Waals surface area contributed by atoms with Gasteiger partial charge in [0, 0.05) is 25.3 Å². The van der Waals surface area contributed by atoms with E-state index in [1.807, 2.05) is 91.0 Å². The molecule has 0 fully saturated rings. The minimum Gasteiger partial charge on any atom is -0.480 e. The average molecular weight is 898 g/mol. The number of rotatable bonds is 20. The van der Waals surface area contributed by atoms with Crippen molar-refractivity contribution in [2.75, 3.05) is 18.8 Å². The third-order valence-corrected chi connectivity index (χ3v) is 11.1. The van der Waals surface area contributed by atoms with E-state index in [0.29, 0.717) is 5.56 Å². The van der Waals surface area contributed by atoms with Crippen LogP contribution in [0.5, 0.6) is 5.75 Å². The number of benzene rings is 4. The smallest absolute Gasteiger partial charge is 0.412 e. The summed E-state index contributed by atoms with van der Waals surface area (Å²) in [7, 11) is 0. The Kier molecular flexibility index (Phi) is 18.2. The molecule has 0 aliphatic carbocycles. The fraction of sp³-hybridized carbons (Fsp3) is 0.375. The van der Waals surface area contributed by atoms with Crippen molar-refractivity contribution in [1.29, 1.82) is 0 Å². The van der Waals surface area contributed by atoms with E-state index in [2.05, 4.69) is 21.3 Å². The van der Waals surface area contributed by atoms with Gasteiger partial charge in [0.15, 0.2) is 0 Å². The highest BCUT2D eigenvalue weighted by atomic mass is 32.2. The summed E-state index contributed by atoms with van der Waals surface area (Å²) in [4.78, 5) is 76.4. The Morgan fingerprint density at radius 2 is 1.14 bits per heavy atom. The van der Waals surface area contributed by atoms with Crippen LogP contribution in [0.4, 0.5) is 14.4 Å². The number of aliphatic carboxylic acids is 1. The molecule has 64 heavy (non-hydrogen) atoms. The molecule has 4 aromatic rings. The molecule has 16 heteroatoms. The average Bonchev–Trinajstić information content (AvgIpc) is 3.23. The van der Waals surface area contributed by atoms with E-state index < -0.39 is 70.0 Å². The number of carboxylic acids is 1. The Bertz CT molecular complexity index is 2070. The minimum absolute atomic E-state index is 0.0482. The predicted molar refractivity (Wildman–Crippen MR) is 245 cm³/mol. The second-order valence-electron chi connectivity index (χ2n) is 17.0. The van der Waals surface area contributed by atoms with Gasteiger partial charge in [-0.1, -0.05) is 103 Å². The SMILES string of the molecule is CC(C)(C)OC(=O)NC[C@@H](CCCNC(=O)Oc1ccc(C[C@H](NC(=O)OC(C)(C)C)C(=O)O)cc1)C(=O)N[C@@H](CSC(c1ccccc1)(c1ccccc1)c1ccccc1)C(N)=O. The van der Waals surface area contributed by atoms with Crippen molar-refractivity contribution in [2.45, 2.75) is 88.8 Å². The maximum Gasteiger partial charge on any atom is 0.412 e. The van der Waals surface area contributed by atoms with Gasteiger partial charge in [-0.15, -0.1) is 11.8 Å². The number of hydrogen-bond acceptors (Lipinski definition) is 10. The van der Waals surface area contributed by atoms with Crippen LogP contribution in [0.25, 0.3) is 0 Å². The molecule has 0 radical (unpaired) electrons. The van der Waals surface area contributed by atoms with Gasteiger partial charge in [-0.3, -0.25) is 9.59 Å². The molecule has 4 aromatic carbocycles. The van der Waals surface area contributed by atoms with E-state index in [9.17, 15) is 33.9 Å². The van der Waals surface area contributed by atoms with E-state index in [1.165, 1.54) is 23.9 Å². The van der Waals surface area contributed by atoms with Gasteiger partial charge in [0.25, 0.3) is 0 Å². The molecule has 0 saturated carbocycles. The maximum atomic E-state index is 14.0. The Hall–Kier alpha value is -6.55. The van der Waals surface area contributed by atoms with Crippen LogP contribution in [0.3, 0.4) is 0 Å². The number of primary amides is 1. The molecule has 0 aromatic heterocycles. The van der Waals surface area contributed by atoms with E-state index in [0.717, 1.165) is 16.7 Å². The summed E-state index contributed by atoms with van der Waals surface area (Å²) in [6.45, 7) is 10.1. The van der Waals surface area contributed by atoms with Gasteiger partial charge in [0.1, 0.15) is 29.0 Å². The molecule has 0 bridgehead atoms. The summed E-state index contributed by atoms with van der Waals surface area (Å²) in [5, 5.41) is 20.1. The van der Waals surface area contributed by atoms with Crippen molar-refractivity contribution in [3.8, 4) is 5.75 Å². The van der Waals surface area contributed by atoms with Gasteiger partial charge in [0.2, 0.25) is 11.8 Å². The Morgan fingerprint density at radius 3 is 1.61 bits per heavy atom. The first-order chi connectivity index (χ1) is 30.3. The van der Waals surface area contributed by atoms with Crippen LogP contribution in [0.15, 0.2) is 115 Å². The zero-order chi connectivity index (χ0) is 46.9. The molecule has 0 heterocycles. The van der Waals surface area contributed by atoms with E-state index in [-0.39, 0.29) is 43.9 Å². The quantitative estimate of drug-likeness (QED) is 0.0395. The molecule has 3 atom stereocenters. The number of carbonyl (C=O) groups excluding carboxylic acids is 5. The van der Waals surface area contributed by atoms with E-state index >= 15 is 0 Å². The first kappa shape index (κ1) is 50.1. The summed E-state index contributed by atoms with van der Waals surface area (Å²) >= 11 is 1.47. The van der Waals surface area contributed by atoms with E-state index in [4.69, 9.17) is 19.9 Å². The van der Waals surface area contributed by atoms with Crippen molar-refractivity contribution in [3.63, 3.8) is 0 Å². The van der Waals surface area contributed by atoms with Crippen molar-refractivity contribution < 1.29 is 48.1 Å². The van der Waals surface area contributed by atoms with Crippen LogP contribution in [0.2, 0.25) is 0 Å². The van der Waals surface area contributed by atoms with Crippen LogP contribution in [0, 0.1) is 5.92 Å². The molecule has 0 aliphatic rings. The zero-order valence-corrected chi connectivity index (χ0v) is 37.9. The monoisotopic (exact) mass is 897 g/mol. The lowest BCUT2D eigenvalue weighted by Gasteiger charge is -2.36. The molecule has 342 valence electrons. The predicted octanol–water partition coefficient (Wildman–Crippen LogP) is 6.91. The molecule has 5 amide bonds. The lowest BCUT2D eigenvalue weighted by molar-refractivity contribution is -0.139. The van der Waals surface area contributed by atoms with Crippen LogP contribution in [0.1, 0.15) is 76.6 Å². The lowest BCUT2D eigenvalue weighted by atomic mass is 9.84. The molecular formula is C48H59N5O10S. The second kappa shape index (κ2) is 23.2. The lowest BCUT2D eigenvalue weighted by Crippen LogP contribution is -2.50. The molecule has 4 rings (SSSR count). The topological polar surface area (TPSA) is 224 Å². The molecule has 15 nitrogen and oxygen atoms in total. The first-order valence-electron chi connectivity index (χ1n) is 20.9. The summed E-state index contributed by atoms with van der Waals surface area (Å²) in [5.74, 6) is -3.09. The fourth-order valence-corrected chi connectivity index (χ4v) is 8.14. The number of amides is 5. The molecule has 7 N–H and O–H groups in total. The number of carbonyl (C=O) groups is 6. The van der Waals surface area contributed by atoms with Crippen molar-refractivity contribution >= 4 is 47.8 Å². The largest absolute Gasteiger partial charge is 0.480 e. The molecule has 0 saturated heterocycles. The van der Waals surface area contributed by atoms with Gasteiger partial charge in [0.05, 0.1) is 10.7 Å². The third-order valence-electron chi connectivity index (χ3n) is 9.49. The Labute approximate surface area is 378 Å². The number of alkyl carbamates (subject to hydrolysis) is 2. The zero-order valence-electron chi connectivity index (χ0n) is 37.1. The van der Waals surface area contributed by atoms with Crippen LogP contribution in [-0.4, -0.2) is 83.3 Å². The van der Waals surface area contributed by atoms with E-state index in [1.54, 1.807) is 53.7 Å². The molecule has 0 unspecified atom stereocenters. The van der Waals surface area contributed by atoms with Crippen LogP contribution in [-0.2, 0) is 35.0 Å². The summed E-state index contributed by atoms with van der Waals surface area (Å²) < 4.78 is 15.2. The Morgan fingerprint density at radius 1 is 0.641 bits per heavy atom. The number of nitrogens with one attached hydrogen (secondary N) is 4. The van der Waals surface area contributed by atoms with Crippen LogP contribution < -0.4 is 31.7 Å². The summed E-state index contributed by atoms with van der Waals surface area (Å²) in [6.07, 6.45) is -1.96. The number of thioether (sulfide) groups is 1. The molecular weight excluding hydrogens is 839 g/mol. The molecule has 0 spiro atoms. The van der Waals surface area contributed by atoms with Crippen LogP contribution >= 0.6 is 11.8 Å². The van der Waals surface area contributed by atoms with Gasteiger partial charge in [-0.05, 0) is 88.8 Å². The van der Waals surface area contributed by atoms with Gasteiger partial charge in [-0.25, -0.2) is 19.2 Å². The normalized spacial score (nSPS) is 13.0. The van der Waals surface area contributed by atoms with Gasteiger partial charge >= 0.3 is 24.2 Å². The minimum atomic E-state index is -1.26. The first-order valence-corrected chi connectivity index (χ1v) is 21.9. The highest BCUT2D eigenvalue weighted by Gasteiger charge is 2.39. The Balaban J connectivity index is 1.42. The summed E-state index contributed by atoms with van der Waals surface area (Å²) in [6, 6.07) is 33.4. The highest BCUT2D eigenvalue weighted by Crippen LogP contribution is 2.48. The summed E-state index contributed by atoms with van der Waals surface area (Å²) in [5.41, 5.74) is 7.82. The van der Waals surface area contributed by atoms with Gasteiger partial charge < -0.3 is 46.3 Å². The maximum absolute atomic E-state index is 14.0. The van der Waals surface area contributed by atoms with Crippen molar-refractivity contribution in [3.05, 3.63) is 138 Å². The van der Waals surface area contributed by atoms with Gasteiger partial charge in [-0.2, -0.15) is 0 Å². The number of hydrogen-bond donors (Lipinski definition) is 6. The number of carboxylic acid groups (broad SMARTS) is 1. The highest BCUT2D eigenvalue weighted by molar-refractivity contribution is 8.00. The van der Waals surface area contributed by atoms with Crippen molar-refractivity contribution in [2.24, 2.45) is 11.7 Å². The number of nitrogens with two attached hydrogens (primary N) is 1. The number of ether oxygens (including phenoxy) is 3. The fourth-order valence-electron chi connectivity index (χ4n) is 6.57. The van der Waals surface area contributed by atoms with Crippen molar-refractivity contribution in [1.82, 2.24) is 21.3 Å². The second-order valence-corrected chi connectivity index (χ2v) is 18.2. The molecule has 0 aliphatic heterocycles. The third kappa shape index (κ3) is 16.0. The standard InChI is InChI=1S/C48H59N5O10S/c1-46(2,3)62-44(59)51-30-33(17-16-28-50-43(58)61-37-26-24-32(25-27-37)29-38(42(56)57)53-45(60)63-47(4,5)6)41(55)52-39(40(49)54)31-64-48(34-18-10-7-11-19-34,35-20-12-8-13-21-35)36-22-14-9-15-23-36/h7-15,18-27,33,38-39H,16-17,28-31H2,1-6H3,(H2,49,54)(H,50,58)(H,51,59)(H,52,55)(H,53,60)(H,56,57)/t33-,38+,39+/m1/s1.